The molecule has 0 rings (SSSR count). The summed E-state index contributed by atoms with van der Waals surface area (Å²) in [4.78, 5) is 0. The van der Waals surface area contributed by atoms with Crippen LogP contribution in [0.1, 0.15) is 26.2 Å². The molecule has 0 bridgehead atoms. The smallest absolute Gasteiger partial charge is 0.0590 e. The first-order chi connectivity index (χ1) is 6.41. The first kappa shape index (κ1) is 12.9. The van der Waals surface area contributed by atoms with Gasteiger partial charge in [-0.15, -0.1) is 0 Å². The van der Waals surface area contributed by atoms with Gasteiger partial charge in [0.25, 0.3) is 0 Å². The molecule has 0 radical (unpaired) electrons. The van der Waals surface area contributed by atoms with Gasteiger partial charge in [-0.1, -0.05) is 0 Å². The Balaban J connectivity index is 2.76. The minimum absolute atomic E-state index is 0.821. The lowest BCUT2D eigenvalue weighted by Gasteiger charge is -2.03. The summed E-state index contributed by atoms with van der Waals surface area (Å²) in [5.41, 5.74) is 0. The SMILES string of the molecule is CCOCCCCCOCCNC. The highest BCUT2D eigenvalue weighted by atomic mass is 16.5. The molecule has 0 heterocycles. The van der Waals surface area contributed by atoms with Crippen molar-refractivity contribution in [3.63, 3.8) is 0 Å². The summed E-state index contributed by atoms with van der Waals surface area (Å²) in [5.74, 6) is 0. The number of likely N-dealkylation sites (N-methyl/N-ethyl adjacent to an activating group) is 1. The molecule has 0 fully saturated rings. The van der Waals surface area contributed by atoms with E-state index in [0.717, 1.165) is 45.8 Å². The van der Waals surface area contributed by atoms with Crippen LogP contribution >= 0.6 is 0 Å². The zero-order chi connectivity index (χ0) is 9.78. The Bertz CT molecular complexity index is 79.0. The molecule has 13 heavy (non-hydrogen) atoms. The Hall–Kier alpha value is -0.120. The van der Waals surface area contributed by atoms with Crippen LogP contribution in [0.2, 0.25) is 0 Å². The first-order valence-corrected chi connectivity index (χ1v) is 5.22. The first-order valence-electron chi connectivity index (χ1n) is 5.22. The van der Waals surface area contributed by atoms with Gasteiger partial charge in [0.15, 0.2) is 0 Å². The molecule has 1 N–H and O–H groups in total. The molecule has 0 saturated heterocycles. The number of rotatable bonds is 10. The van der Waals surface area contributed by atoms with Crippen LogP contribution < -0.4 is 5.32 Å². The van der Waals surface area contributed by atoms with Crippen molar-refractivity contribution in [2.75, 3.05) is 40.0 Å². The fraction of sp³-hybridized carbons (Fsp3) is 1.00. The largest absolute Gasteiger partial charge is 0.382 e. The van der Waals surface area contributed by atoms with Crippen molar-refractivity contribution in [3.05, 3.63) is 0 Å². The summed E-state index contributed by atoms with van der Waals surface area (Å²) in [5, 5.41) is 3.04. The molecule has 0 aliphatic carbocycles. The molecule has 0 aromatic rings. The minimum Gasteiger partial charge on any atom is -0.382 e. The Morgan fingerprint density at radius 3 is 2.23 bits per heavy atom. The van der Waals surface area contributed by atoms with E-state index in [4.69, 9.17) is 9.47 Å². The van der Waals surface area contributed by atoms with Gasteiger partial charge in [-0.3, -0.25) is 0 Å². The lowest BCUT2D eigenvalue weighted by molar-refractivity contribution is 0.121. The van der Waals surface area contributed by atoms with E-state index < -0.39 is 0 Å². The van der Waals surface area contributed by atoms with Gasteiger partial charge in [-0.2, -0.15) is 0 Å². The number of ether oxygens (including phenoxy) is 2. The molecule has 0 aliphatic heterocycles. The van der Waals surface area contributed by atoms with Crippen LogP contribution in [-0.2, 0) is 9.47 Å². The summed E-state index contributed by atoms with van der Waals surface area (Å²) >= 11 is 0. The molecule has 0 spiro atoms. The summed E-state index contributed by atoms with van der Waals surface area (Å²) < 4.78 is 10.6. The topological polar surface area (TPSA) is 30.5 Å². The molecule has 0 atom stereocenters. The zero-order valence-electron chi connectivity index (χ0n) is 8.97. The molecule has 0 saturated carbocycles. The van der Waals surface area contributed by atoms with E-state index in [2.05, 4.69) is 5.32 Å². The van der Waals surface area contributed by atoms with Crippen molar-refractivity contribution in [2.24, 2.45) is 0 Å². The van der Waals surface area contributed by atoms with Gasteiger partial charge in [0.1, 0.15) is 0 Å². The molecule has 0 aromatic carbocycles. The third-order valence-electron chi connectivity index (χ3n) is 1.78. The fourth-order valence-corrected chi connectivity index (χ4v) is 1.01. The summed E-state index contributed by atoms with van der Waals surface area (Å²) in [6.45, 7) is 6.40. The Morgan fingerprint density at radius 2 is 1.62 bits per heavy atom. The van der Waals surface area contributed by atoms with Crippen LogP contribution in [0.15, 0.2) is 0 Å². The van der Waals surface area contributed by atoms with E-state index >= 15 is 0 Å². The van der Waals surface area contributed by atoms with Gasteiger partial charge in [0.2, 0.25) is 0 Å². The molecule has 3 heteroatoms. The number of unbranched alkanes of at least 4 members (excludes halogenated alkanes) is 2. The Morgan fingerprint density at radius 1 is 0.923 bits per heavy atom. The molecule has 0 amide bonds. The van der Waals surface area contributed by atoms with Crippen LogP contribution in [0.5, 0.6) is 0 Å². The van der Waals surface area contributed by atoms with E-state index in [-0.39, 0.29) is 0 Å². The summed E-state index contributed by atoms with van der Waals surface area (Å²) in [6.07, 6.45) is 3.51. The van der Waals surface area contributed by atoms with Gasteiger partial charge in [-0.25, -0.2) is 0 Å². The Kier molecular flexibility index (Phi) is 11.8. The fourth-order valence-electron chi connectivity index (χ4n) is 1.01. The lowest BCUT2D eigenvalue weighted by atomic mass is 10.2. The van der Waals surface area contributed by atoms with Gasteiger partial charge in [-0.05, 0) is 33.2 Å². The zero-order valence-corrected chi connectivity index (χ0v) is 8.97. The Labute approximate surface area is 81.8 Å². The predicted octanol–water partition coefficient (Wildman–Crippen LogP) is 1.43. The normalized spacial score (nSPS) is 10.6. The highest BCUT2D eigenvalue weighted by molar-refractivity contribution is 4.41. The van der Waals surface area contributed by atoms with Crippen LogP contribution in [0.3, 0.4) is 0 Å². The second-order valence-electron chi connectivity index (χ2n) is 2.97. The molecular formula is C10H23NO2. The van der Waals surface area contributed by atoms with Crippen molar-refractivity contribution < 1.29 is 9.47 Å². The van der Waals surface area contributed by atoms with Gasteiger partial charge in [0.05, 0.1) is 6.61 Å². The lowest BCUT2D eigenvalue weighted by Crippen LogP contribution is -2.14. The van der Waals surface area contributed by atoms with E-state index in [0.29, 0.717) is 0 Å². The van der Waals surface area contributed by atoms with Gasteiger partial charge < -0.3 is 14.8 Å². The van der Waals surface area contributed by atoms with Crippen molar-refractivity contribution in [1.82, 2.24) is 5.32 Å². The van der Waals surface area contributed by atoms with Crippen LogP contribution in [0, 0.1) is 0 Å². The predicted molar refractivity (Wildman–Crippen MR) is 55.1 cm³/mol. The molecule has 3 nitrogen and oxygen atoms in total. The van der Waals surface area contributed by atoms with E-state index in [1.165, 1.54) is 6.42 Å². The van der Waals surface area contributed by atoms with E-state index in [9.17, 15) is 0 Å². The van der Waals surface area contributed by atoms with Gasteiger partial charge >= 0.3 is 0 Å². The monoisotopic (exact) mass is 189 g/mol. The maximum atomic E-state index is 5.38. The molecule has 0 aliphatic rings. The molecule has 0 aromatic heterocycles. The second kappa shape index (κ2) is 11.9. The average molecular weight is 189 g/mol. The van der Waals surface area contributed by atoms with Crippen molar-refractivity contribution in [2.45, 2.75) is 26.2 Å². The maximum absolute atomic E-state index is 5.38. The van der Waals surface area contributed by atoms with Crippen molar-refractivity contribution in [1.29, 1.82) is 0 Å². The summed E-state index contributed by atoms with van der Waals surface area (Å²) in [7, 11) is 1.94. The minimum atomic E-state index is 0.821. The average Bonchev–Trinajstić information content (AvgIpc) is 2.16. The second-order valence-corrected chi connectivity index (χ2v) is 2.97. The summed E-state index contributed by atoms with van der Waals surface area (Å²) in [6, 6.07) is 0. The van der Waals surface area contributed by atoms with Crippen LogP contribution in [0.4, 0.5) is 0 Å². The van der Waals surface area contributed by atoms with Crippen molar-refractivity contribution in [3.8, 4) is 0 Å². The molecule has 80 valence electrons. The quantitative estimate of drug-likeness (QED) is 0.527. The molecule has 0 unspecified atom stereocenters. The number of nitrogens with one attached hydrogen (secondary N) is 1. The molecular weight excluding hydrogens is 166 g/mol. The number of hydrogen-bond donors (Lipinski definition) is 1. The van der Waals surface area contributed by atoms with Crippen LogP contribution in [-0.4, -0.2) is 40.0 Å². The van der Waals surface area contributed by atoms with E-state index in [1.54, 1.807) is 0 Å². The van der Waals surface area contributed by atoms with E-state index in [1.807, 2.05) is 14.0 Å². The maximum Gasteiger partial charge on any atom is 0.0590 e. The standard InChI is InChI=1S/C10H23NO2/c1-3-12-8-5-4-6-9-13-10-7-11-2/h11H,3-10H2,1-2H3. The third-order valence-corrected chi connectivity index (χ3v) is 1.78. The third kappa shape index (κ3) is 11.9. The highest BCUT2D eigenvalue weighted by Gasteiger charge is 1.90. The van der Waals surface area contributed by atoms with Gasteiger partial charge in [0, 0.05) is 26.4 Å². The van der Waals surface area contributed by atoms with Crippen LogP contribution in [0.25, 0.3) is 0 Å². The number of hydrogen-bond acceptors (Lipinski definition) is 3. The highest BCUT2D eigenvalue weighted by Crippen LogP contribution is 1.96. The van der Waals surface area contributed by atoms with Crippen molar-refractivity contribution >= 4 is 0 Å².